The zero-order valence-electron chi connectivity index (χ0n) is 13.9. The molecule has 118 valence electrons. The van der Waals surface area contributed by atoms with Crippen LogP contribution in [0.3, 0.4) is 0 Å². The van der Waals surface area contributed by atoms with Crippen LogP contribution in [0.4, 0.5) is 0 Å². The van der Waals surface area contributed by atoms with E-state index in [1.807, 2.05) is 32.9 Å². The summed E-state index contributed by atoms with van der Waals surface area (Å²) in [6.45, 7) is 11.3. The first-order chi connectivity index (χ1) is 9.86. The number of nitrogens with one attached hydrogen (secondary N) is 1. The molecule has 0 aromatic heterocycles. The molecule has 0 saturated carbocycles. The molecule has 1 aromatic carbocycles. The maximum Gasteiger partial charge on any atom is 0.234 e. The molecule has 0 fully saturated rings. The molecule has 2 atom stereocenters. The summed E-state index contributed by atoms with van der Waals surface area (Å²) in [5.41, 5.74) is 8.63. The summed E-state index contributed by atoms with van der Waals surface area (Å²) in [6.07, 6.45) is 0. The van der Waals surface area contributed by atoms with Crippen molar-refractivity contribution in [3.63, 3.8) is 0 Å². The largest absolute Gasteiger partial charge is 0.353 e. The van der Waals surface area contributed by atoms with Gasteiger partial charge in [-0.1, -0.05) is 31.2 Å². The fourth-order valence-electron chi connectivity index (χ4n) is 2.69. The van der Waals surface area contributed by atoms with E-state index in [0.29, 0.717) is 6.54 Å². The van der Waals surface area contributed by atoms with Crippen molar-refractivity contribution in [3.05, 3.63) is 35.4 Å². The smallest absolute Gasteiger partial charge is 0.234 e. The van der Waals surface area contributed by atoms with Crippen LogP contribution in [-0.4, -0.2) is 36.0 Å². The third-order valence-corrected chi connectivity index (χ3v) is 3.60. The van der Waals surface area contributed by atoms with Crippen LogP contribution < -0.4 is 11.1 Å². The van der Waals surface area contributed by atoms with Gasteiger partial charge in [-0.3, -0.25) is 9.69 Å². The fourth-order valence-corrected chi connectivity index (χ4v) is 2.69. The molecule has 0 saturated heterocycles. The summed E-state index contributed by atoms with van der Waals surface area (Å²) in [4.78, 5) is 14.2. The van der Waals surface area contributed by atoms with Gasteiger partial charge in [0.05, 0.1) is 12.6 Å². The maximum absolute atomic E-state index is 12.1. The molecule has 4 nitrogen and oxygen atoms in total. The van der Waals surface area contributed by atoms with Crippen LogP contribution in [0.25, 0.3) is 0 Å². The first-order valence-corrected chi connectivity index (χ1v) is 7.71. The average molecular weight is 291 g/mol. The van der Waals surface area contributed by atoms with E-state index in [4.69, 9.17) is 5.73 Å². The quantitative estimate of drug-likeness (QED) is 0.810. The van der Waals surface area contributed by atoms with E-state index in [9.17, 15) is 4.79 Å². The molecular formula is C17H29N3O. The summed E-state index contributed by atoms with van der Waals surface area (Å²) in [5.74, 6) is 0.0473. The highest BCUT2D eigenvalue weighted by Crippen LogP contribution is 2.26. The Labute approximate surface area is 128 Å². The van der Waals surface area contributed by atoms with Crippen LogP contribution in [0.5, 0.6) is 0 Å². The van der Waals surface area contributed by atoms with Gasteiger partial charge in [-0.2, -0.15) is 0 Å². The second-order valence-corrected chi connectivity index (χ2v) is 5.95. The number of rotatable bonds is 7. The minimum Gasteiger partial charge on any atom is -0.353 e. The van der Waals surface area contributed by atoms with Gasteiger partial charge >= 0.3 is 0 Å². The number of benzene rings is 1. The molecule has 0 bridgehead atoms. The lowest BCUT2D eigenvalue weighted by atomic mass is 9.95. The molecule has 1 rings (SSSR count). The monoisotopic (exact) mass is 291 g/mol. The first kappa shape index (κ1) is 17.7. The number of hydrogen-bond donors (Lipinski definition) is 2. The first-order valence-electron chi connectivity index (χ1n) is 7.71. The van der Waals surface area contributed by atoms with E-state index in [0.717, 1.165) is 6.54 Å². The van der Waals surface area contributed by atoms with Crippen molar-refractivity contribution in [1.82, 2.24) is 10.2 Å². The van der Waals surface area contributed by atoms with Gasteiger partial charge in [-0.05, 0) is 45.4 Å². The molecule has 0 heterocycles. The maximum atomic E-state index is 12.1. The fraction of sp³-hybridized carbons (Fsp3) is 0.588. The van der Waals surface area contributed by atoms with Gasteiger partial charge in [0, 0.05) is 12.1 Å². The van der Waals surface area contributed by atoms with Crippen LogP contribution in [0, 0.1) is 6.92 Å². The predicted octanol–water partition coefficient (Wildman–Crippen LogP) is 2.23. The molecule has 1 amide bonds. The lowest BCUT2D eigenvalue weighted by Crippen LogP contribution is -2.46. The highest BCUT2D eigenvalue weighted by molar-refractivity contribution is 5.78. The normalized spacial score (nSPS) is 14.3. The van der Waals surface area contributed by atoms with Crippen molar-refractivity contribution in [2.24, 2.45) is 5.73 Å². The van der Waals surface area contributed by atoms with Gasteiger partial charge in [0.1, 0.15) is 0 Å². The summed E-state index contributed by atoms with van der Waals surface area (Å²) >= 11 is 0. The Morgan fingerprint density at radius 2 is 1.90 bits per heavy atom. The summed E-state index contributed by atoms with van der Waals surface area (Å²) < 4.78 is 0. The topological polar surface area (TPSA) is 58.4 Å². The minimum atomic E-state index is -0.0436. The number of amides is 1. The number of nitrogens with zero attached hydrogens (tertiary/aromatic N) is 1. The zero-order valence-corrected chi connectivity index (χ0v) is 13.9. The van der Waals surface area contributed by atoms with Crippen molar-refractivity contribution < 1.29 is 4.79 Å². The minimum absolute atomic E-state index is 0.0436. The van der Waals surface area contributed by atoms with Crippen LogP contribution >= 0.6 is 0 Å². The van der Waals surface area contributed by atoms with Gasteiger partial charge in [0.25, 0.3) is 0 Å². The Kier molecular flexibility index (Phi) is 6.85. The van der Waals surface area contributed by atoms with Crippen LogP contribution in [0.2, 0.25) is 0 Å². The van der Waals surface area contributed by atoms with Crippen molar-refractivity contribution in [3.8, 4) is 0 Å². The highest BCUT2D eigenvalue weighted by Gasteiger charge is 2.25. The van der Waals surface area contributed by atoms with E-state index in [-0.39, 0.29) is 24.0 Å². The molecule has 1 aromatic rings. The van der Waals surface area contributed by atoms with Crippen molar-refractivity contribution >= 4 is 5.91 Å². The Morgan fingerprint density at radius 1 is 1.29 bits per heavy atom. The summed E-state index contributed by atoms with van der Waals surface area (Å²) in [6, 6.07) is 8.41. The molecule has 4 heteroatoms. The molecule has 21 heavy (non-hydrogen) atoms. The van der Waals surface area contributed by atoms with Crippen LogP contribution in [0.1, 0.15) is 44.9 Å². The lowest BCUT2D eigenvalue weighted by molar-refractivity contribution is -0.123. The van der Waals surface area contributed by atoms with E-state index >= 15 is 0 Å². The third-order valence-electron chi connectivity index (χ3n) is 3.60. The number of likely N-dealkylation sites (N-methyl/N-ethyl adjacent to an activating group) is 1. The SMILES string of the molecule is CCN(CC(=O)NC(C)C)C(c1ccccc1C)C(C)N. The van der Waals surface area contributed by atoms with Crippen LogP contribution in [0.15, 0.2) is 24.3 Å². The average Bonchev–Trinajstić information content (AvgIpc) is 2.38. The van der Waals surface area contributed by atoms with E-state index in [1.165, 1.54) is 11.1 Å². The van der Waals surface area contributed by atoms with Crippen LogP contribution in [-0.2, 0) is 4.79 Å². The second kappa shape index (κ2) is 8.15. The number of nitrogens with two attached hydrogens (primary N) is 1. The van der Waals surface area contributed by atoms with Crippen molar-refractivity contribution in [2.75, 3.05) is 13.1 Å². The lowest BCUT2D eigenvalue weighted by Gasteiger charge is -2.34. The highest BCUT2D eigenvalue weighted by atomic mass is 16.2. The molecule has 2 unspecified atom stereocenters. The number of carbonyl (C=O) groups excluding carboxylic acids is 1. The predicted molar refractivity (Wildman–Crippen MR) is 88.1 cm³/mol. The summed E-state index contributed by atoms with van der Waals surface area (Å²) in [7, 11) is 0. The van der Waals surface area contributed by atoms with Crippen molar-refractivity contribution in [2.45, 2.75) is 52.7 Å². The molecule has 0 aliphatic rings. The molecule has 0 spiro atoms. The Bertz CT molecular complexity index is 457. The standard InChI is InChI=1S/C17H29N3O/c1-6-20(11-16(21)19-12(2)3)17(14(5)18)15-10-8-7-9-13(15)4/h7-10,12,14,17H,6,11,18H2,1-5H3,(H,19,21). The molecule has 0 radical (unpaired) electrons. The van der Waals surface area contributed by atoms with Gasteiger partial charge < -0.3 is 11.1 Å². The van der Waals surface area contributed by atoms with Gasteiger partial charge in [-0.25, -0.2) is 0 Å². The van der Waals surface area contributed by atoms with E-state index in [2.05, 4.69) is 36.2 Å². The molecule has 0 aliphatic heterocycles. The third kappa shape index (κ3) is 5.14. The zero-order chi connectivity index (χ0) is 16.0. The Morgan fingerprint density at radius 3 is 2.38 bits per heavy atom. The van der Waals surface area contributed by atoms with Crippen molar-refractivity contribution in [1.29, 1.82) is 0 Å². The molecule has 3 N–H and O–H groups in total. The second-order valence-electron chi connectivity index (χ2n) is 5.95. The van der Waals surface area contributed by atoms with Gasteiger partial charge in [0.2, 0.25) is 5.91 Å². The van der Waals surface area contributed by atoms with Gasteiger partial charge in [-0.15, -0.1) is 0 Å². The number of hydrogen-bond acceptors (Lipinski definition) is 3. The van der Waals surface area contributed by atoms with E-state index < -0.39 is 0 Å². The number of carbonyl (C=O) groups is 1. The molecular weight excluding hydrogens is 262 g/mol. The van der Waals surface area contributed by atoms with Gasteiger partial charge in [0.15, 0.2) is 0 Å². The Hall–Kier alpha value is -1.39. The van der Waals surface area contributed by atoms with E-state index in [1.54, 1.807) is 0 Å². The summed E-state index contributed by atoms with van der Waals surface area (Å²) in [5, 5.41) is 2.95. The number of aryl methyl sites for hydroxylation is 1. The molecule has 0 aliphatic carbocycles. The Balaban J connectivity index is 2.97.